The lowest BCUT2D eigenvalue weighted by Gasteiger charge is -2.13. The first-order valence-corrected chi connectivity index (χ1v) is 5.45. The van der Waals surface area contributed by atoms with E-state index in [4.69, 9.17) is 15.2 Å². The van der Waals surface area contributed by atoms with Crippen LogP contribution in [-0.4, -0.2) is 18.7 Å². The molecule has 4 nitrogen and oxygen atoms in total. The molecule has 6 heteroatoms. The number of nitrogens with two attached hydrogens (primary N) is 1. The molecule has 1 aliphatic rings. The number of nitrogen functional groups attached to an aromatic ring is 1. The van der Waals surface area contributed by atoms with Crippen LogP contribution in [0, 0.1) is 5.82 Å². The molecule has 2 N–H and O–H groups in total. The molecule has 0 aliphatic carbocycles. The third-order valence-electron chi connectivity index (χ3n) is 2.18. The van der Waals surface area contributed by atoms with Crippen molar-refractivity contribution >= 4 is 27.6 Å². The second-order valence-electron chi connectivity index (χ2n) is 3.37. The molecule has 0 radical (unpaired) electrons. The quantitative estimate of drug-likeness (QED) is 0.667. The number of hydrogen-bond donors (Lipinski definition) is 1. The maximum Gasteiger partial charge on any atom is 0.347 e. The van der Waals surface area contributed by atoms with Gasteiger partial charge in [-0.2, -0.15) is 0 Å². The first kappa shape index (κ1) is 11.2. The molecule has 0 amide bonds. The van der Waals surface area contributed by atoms with Crippen LogP contribution in [-0.2, 0) is 9.53 Å². The predicted octanol–water partition coefficient (Wildman–Crippen LogP) is 1.86. The van der Waals surface area contributed by atoms with Gasteiger partial charge in [-0.1, -0.05) is 0 Å². The van der Waals surface area contributed by atoms with Gasteiger partial charge in [0.2, 0.25) is 0 Å². The fourth-order valence-electron chi connectivity index (χ4n) is 1.43. The summed E-state index contributed by atoms with van der Waals surface area (Å²) in [6.07, 6.45) is -0.189. The molecule has 0 aromatic heterocycles. The normalized spacial score (nSPS) is 19.6. The molecular weight excluding hydrogens is 281 g/mol. The van der Waals surface area contributed by atoms with Gasteiger partial charge in [-0.3, -0.25) is 0 Å². The molecule has 16 heavy (non-hydrogen) atoms. The number of esters is 1. The number of carbonyl (C=O) groups is 1. The van der Waals surface area contributed by atoms with Crippen LogP contribution in [0.2, 0.25) is 0 Å². The molecule has 1 aromatic rings. The zero-order chi connectivity index (χ0) is 11.7. The minimum atomic E-state index is -0.663. The van der Waals surface area contributed by atoms with Crippen LogP contribution in [0.3, 0.4) is 0 Å². The van der Waals surface area contributed by atoms with E-state index in [0.29, 0.717) is 17.5 Å². The lowest BCUT2D eigenvalue weighted by atomic mass is 10.2. The Morgan fingerprint density at radius 1 is 1.56 bits per heavy atom. The number of rotatable bonds is 2. The lowest BCUT2D eigenvalue weighted by molar-refractivity contribution is -0.143. The van der Waals surface area contributed by atoms with Crippen LogP contribution in [0.1, 0.15) is 6.42 Å². The summed E-state index contributed by atoms with van der Waals surface area (Å²) in [5.41, 5.74) is 5.74. The van der Waals surface area contributed by atoms with Crippen molar-refractivity contribution in [1.29, 1.82) is 0 Å². The van der Waals surface area contributed by atoms with Gasteiger partial charge < -0.3 is 15.2 Å². The SMILES string of the molecule is Nc1cc(F)cc(Br)c1OC1CCOC1=O. The summed E-state index contributed by atoms with van der Waals surface area (Å²) in [4.78, 5) is 11.2. The number of halogens is 2. The largest absolute Gasteiger partial charge is 0.475 e. The third-order valence-corrected chi connectivity index (χ3v) is 2.77. The van der Waals surface area contributed by atoms with Crippen molar-refractivity contribution in [3.8, 4) is 5.75 Å². The van der Waals surface area contributed by atoms with E-state index in [9.17, 15) is 9.18 Å². The Balaban J connectivity index is 2.24. The minimum Gasteiger partial charge on any atom is -0.475 e. The first-order chi connectivity index (χ1) is 7.58. The molecule has 1 heterocycles. The van der Waals surface area contributed by atoms with E-state index < -0.39 is 17.9 Å². The number of carbonyl (C=O) groups excluding carboxylic acids is 1. The second kappa shape index (κ2) is 4.29. The Morgan fingerprint density at radius 3 is 2.88 bits per heavy atom. The molecule has 86 valence electrons. The van der Waals surface area contributed by atoms with Gasteiger partial charge in [-0.25, -0.2) is 9.18 Å². The van der Waals surface area contributed by atoms with Crippen LogP contribution in [0.5, 0.6) is 5.75 Å². The van der Waals surface area contributed by atoms with Gasteiger partial charge in [0.25, 0.3) is 0 Å². The van der Waals surface area contributed by atoms with Gasteiger partial charge in [0, 0.05) is 12.5 Å². The van der Waals surface area contributed by atoms with E-state index in [1.54, 1.807) is 0 Å². The van der Waals surface area contributed by atoms with Gasteiger partial charge in [0.15, 0.2) is 11.9 Å². The summed E-state index contributed by atoms with van der Waals surface area (Å²) in [7, 11) is 0. The topological polar surface area (TPSA) is 61.6 Å². The van der Waals surface area contributed by atoms with E-state index in [1.807, 2.05) is 0 Å². The number of cyclic esters (lactones) is 1. The fourth-order valence-corrected chi connectivity index (χ4v) is 1.97. The predicted molar refractivity (Wildman–Crippen MR) is 58.5 cm³/mol. The van der Waals surface area contributed by atoms with Crippen molar-refractivity contribution in [3.05, 3.63) is 22.4 Å². The molecule has 0 saturated carbocycles. The summed E-state index contributed by atoms with van der Waals surface area (Å²) in [5, 5.41) is 0. The van der Waals surface area contributed by atoms with E-state index in [0.717, 1.165) is 6.07 Å². The van der Waals surface area contributed by atoms with E-state index >= 15 is 0 Å². The smallest absolute Gasteiger partial charge is 0.347 e. The van der Waals surface area contributed by atoms with E-state index in [-0.39, 0.29) is 11.4 Å². The number of anilines is 1. The van der Waals surface area contributed by atoms with Gasteiger partial charge >= 0.3 is 5.97 Å². The summed E-state index contributed by atoms with van der Waals surface area (Å²) < 4.78 is 23.5. The molecular formula is C10H9BrFNO3. The molecule has 2 rings (SSSR count). The summed E-state index contributed by atoms with van der Waals surface area (Å²) >= 11 is 3.13. The van der Waals surface area contributed by atoms with Gasteiger partial charge in [-0.05, 0) is 22.0 Å². The van der Waals surface area contributed by atoms with E-state index in [2.05, 4.69) is 15.9 Å². The van der Waals surface area contributed by atoms with Crippen LogP contribution < -0.4 is 10.5 Å². The molecule has 1 aromatic carbocycles. The average molecular weight is 290 g/mol. The molecule has 1 atom stereocenters. The van der Waals surface area contributed by atoms with Gasteiger partial charge in [0.1, 0.15) is 5.82 Å². The Hall–Kier alpha value is -1.30. The van der Waals surface area contributed by atoms with Crippen molar-refractivity contribution in [2.75, 3.05) is 12.3 Å². The summed E-state index contributed by atoms with van der Waals surface area (Å²) in [6, 6.07) is 2.37. The maximum absolute atomic E-state index is 12.9. The Bertz CT molecular complexity index is 415. The number of hydrogen-bond acceptors (Lipinski definition) is 4. The Kier molecular flexibility index (Phi) is 3.00. The highest BCUT2D eigenvalue weighted by molar-refractivity contribution is 9.10. The second-order valence-corrected chi connectivity index (χ2v) is 4.22. The zero-order valence-corrected chi connectivity index (χ0v) is 9.79. The molecule has 1 aliphatic heterocycles. The van der Waals surface area contributed by atoms with Crippen molar-refractivity contribution < 1.29 is 18.7 Å². The molecule has 1 unspecified atom stereocenters. The van der Waals surface area contributed by atoms with Gasteiger partial charge in [-0.15, -0.1) is 0 Å². The van der Waals surface area contributed by atoms with Crippen LogP contribution in [0.25, 0.3) is 0 Å². The standard InChI is InChI=1S/C10H9BrFNO3/c11-6-3-5(12)4-7(13)9(6)16-8-1-2-15-10(8)14/h3-4,8H,1-2,13H2. The van der Waals surface area contributed by atoms with Crippen molar-refractivity contribution in [2.24, 2.45) is 0 Å². The Morgan fingerprint density at radius 2 is 2.31 bits per heavy atom. The highest BCUT2D eigenvalue weighted by atomic mass is 79.9. The van der Waals surface area contributed by atoms with Crippen LogP contribution >= 0.6 is 15.9 Å². The van der Waals surface area contributed by atoms with Crippen LogP contribution in [0.4, 0.5) is 10.1 Å². The summed E-state index contributed by atoms with van der Waals surface area (Å²) in [6.45, 7) is 0.336. The maximum atomic E-state index is 12.9. The fraction of sp³-hybridized carbons (Fsp3) is 0.300. The summed E-state index contributed by atoms with van der Waals surface area (Å²) in [5.74, 6) is -0.619. The average Bonchev–Trinajstić information content (AvgIpc) is 2.57. The highest BCUT2D eigenvalue weighted by Gasteiger charge is 2.29. The third kappa shape index (κ3) is 2.11. The Labute approximate surface area is 99.6 Å². The molecule has 0 spiro atoms. The molecule has 1 saturated heterocycles. The molecule has 1 fully saturated rings. The number of ether oxygens (including phenoxy) is 2. The first-order valence-electron chi connectivity index (χ1n) is 4.66. The van der Waals surface area contributed by atoms with Gasteiger partial charge in [0.05, 0.1) is 16.8 Å². The van der Waals surface area contributed by atoms with Crippen LogP contribution in [0.15, 0.2) is 16.6 Å². The monoisotopic (exact) mass is 289 g/mol. The van der Waals surface area contributed by atoms with Crippen molar-refractivity contribution in [2.45, 2.75) is 12.5 Å². The van der Waals surface area contributed by atoms with Crippen molar-refractivity contribution in [1.82, 2.24) is 0 Å². The van der Waals surface area contributed by atoms with E-state index in [1.165, 1.54) is 6.07 Å². The molecule has 0 bridgehead atoms. The number of benzene rings is 1. The minimum absolute atomic E-state index is 0.145. The lowest BCUT2D eigenvalue weighted by Crippen LogP contribution is -2.22. The highest BCUT2D eigenvalue weighted by Crippen LogP contribution is 2.34. The zero-order valence-electron chi connectivity index (χ0n) is 8.20. The van der Waals surface area contributed by atoms with Crippen molar-refractivity contribution in [3.63, 3.8) is 0 Å².